The number of hydrogen-bond donors (Lipinski definition) is 2. The number of nitrogens with two attached hydrogens (primary N) is 1. The minimum Gasteiger partial charge on any atom is -0.396 e. The molecule has 106 valence electrons. The Morgan fingerprint density at radius 3 is 2.95 bits per heavy atom. The van der Waals surface area contributed by atoms with Gasteiger partial charge in [0, 0.05) is 16.6 Å². The van der Waals surface area contributed by atoms with Gasteiger partial charge < -0.3 is 10.8 Å². The summed E-state index contributed by atoms with van der Waals surface area (Å²) in [6.07, 6.45) is 3.53. The maximum absolute atomic E-state index is 11.6. The first kappa shape index (κ1) is 14.1. The highest BCUT2D eigenvalue weighted by Crippen LogP contribution is 2.48. The molecule has 0 radical (unpaired) electrons. The molecule has 0 aromatic heterocycles. The number of carbonyl (C=O) groups excluding carboxylic acids is 1. The van der Waals surface area contributed by atoms with Gasteiger partial charge in [0.15, 0.2) is 0 Å². The number of allylic oxidation sites excluding steroid dienone is 2. The van der Waals surface area contributed by atoms with E-state index in [2.05, 4.69) is 15.9 Å². The van der Waals surface area contributed by atoms with Crippen LogP contribution in [0.5, 0.6) is 0 Å². The van der Waals surface area contributed by atoms with Crippen molar-refractivity contribution in [2.45, 2.75) is 25.7 Å². The SMILES string of the molecule is NC(=O)c1cc(Cl)c(Br)c2c1CC1=C2CCC(CO)C1. The van der Waals surface area contributed by atoms with Crippen molar-refractivity contribution in [3.8, 4) is 0 Å². The van der Waals surface area contributed by atoms with Gasteiger partial charge in [-0.2, -0.15) is 0 Å². The lowest BCUT2D eigenvalue weighted by molar-refractivity contribution is 0.0999. The first-order chi connectivity index (χ1) is 9.52. The number of fused-ring (bicyclic) bond motifs is 2. The van der Waals surface area contributed by atoms with Gasteiger partial charge in [-0.05, 0) is 70.3 Å². The maximum Gasteiger partial charge on any atom is 0.249 e. The summed E-state index contributed by atoms with van der Waals surface area (Å²) in [4.78, 5) is 11.6. The smallest absolute Gasteiger partial charge is 0.249 e. The molecule has 1 aromatic carbocycles. The standard InChI is InChI=1S/C15H15BrClNO2/c16-14-12(17)5-11(15(18)20)10-4-8-3-7(6-19)1-2-9(8)13(10)14/h5,7,19H,1-4,6H2,(H2,18,20). The molecule has 0 saturated carbocycles. The second-order valence-electron chi connectivity index (χ2n) is 5.49. The van der Waals surface area contributed by atoms with E-state index in [0.717, 1.165) is 41.3 Å². The van der Waals surface area contributed by atoms with Crippen molar-refractivity contribution in [2.75, 3.05) is 6.61 Å². The summed E-state index contributed by atoms with van der Waals surface area (Å²) in [6.45, 7) is 0.220. The molecule has 2 aliphatic carbocycles. The quantitative estimate of drug-likeness (QED) is 0.854. The second-order valence-corrected chi connectivity index (χ2v) is 6.69. The zero-order valence-corrected chi connectivity index (χ0v) is 13.2. The molecule has 1 amide bonds. The first-order valence-corrected chi connectivity index (χ1v) is 7.82. The normalized spacial score (nSPS) is 20.9. The molecule has 3 rings (SSSR count). The van der Waals surface area contributed by atoms with Crippen molar-refractivity contribution in [3.63, 3.8) is 0 Å². The van der Waals surface area contributed by atoms with E-state index in [9.17, 15) is 9.90 Å². The lowest BCUT2D eigenvalue weighted by Crippen LogP contribution is -2.14. The number of amides is 1. The van der Waals surface area contributed by atoms with Crippen LogP contribution in [0.1, 0.15) is 40.7 Å². The minimum atomic E-state index is -0.436. The van der Waals surface area contributed by atoms with Gasteiger partial charge in [-0.3, -0.25) is 4.79 Å². The van der Waals surface area contributed by atoms with Crippen LogP contribution in [-0.2, 0) is 6.42 Å². The zero-order chi connectivity index (χ0) is 14.4. The Bertz CT molecular complexity index is 639. The van der Waals surface area contributed by atoms with Crippen LogP contribution in [0.15, 0.2) is 16.1 Å². The van der Waals surface area contributed by atoms with Crippen LogP contribution in [0.4, 0.5) is 0 Å². The molecule has 0 fully saturated rings. The van der Waals surface area contributed by atoms with E-state index in [0.29, 0.717) is 16.5 Å². The molecular formula is C15H15BrClNO2. The molecular weight excluding hydrogens is 342 g/mol. The predicted molar refractivity (Wildman–Crippen MR) is 82.7 cm³/mol. The average molecular weight is 357 g/mol. The number of benzene rings is 1. The molecule has 1 atom stereocenters. The third kappa shape index (κ3) is 2.10. The first-order valence-electron chi connectivity index (χ1n) is 6.65. The van der Waals surface area contributed by atoms with Gasteiger partial charge in [0.1, 0.15) is 0 Å². The fourth-order valence-electron chi connectivity index (χ4n) is 3.33. The molecule has 0 bridgehead atoms. The lowest BCUT2D eigenvalue weighted by Gasteiger charge is -2.22. The summed E-state index contributed by atoms with van der Waals surface area (Å²) in [5, 5.41) is 9.87. The summed E-state index contributed by atoms with van der Waals surface area (Å²) in [5.41, 5.74) is 10.6. The summed E-state index contributed by atoms with van der Waals surface area (Å²) in [6, 6.07) is 1.65. The molecule has 1 unspecified atom stereocenters. The van der Waals surface area contributed by atoms with Gasteiger partial charge in [0.25, 0.3) is 0 Å². The van der Waals surface area contributed by atoms with Crippen LogP contribution in [0.3, 0.4) is 0 Å². The Balaban J connectivity index is 2.13. The van der Waals surface area contributed by atoms with Crippen LogP contribution < -0.4 is 5.73 Å². The highest BCUT2D eigenvalue weighted by Gasteiger charge is 2.32. The summed E-state index contributed by atoms with van der Waals surface area (Å²) >= 11 is 9.75. The number of carbonyl (C=O) groups is 1. The third-order valence-electron chi connectivity index (χ3n) is 4.31. The van der Waals surface area contributed by atoms with Gasteiger partial charge >= 0.3 is 0 Å². The summed E-state index contributed by atoms with van der Waals surface area (Å²) in [7, 11) is 0. The van der Waals surface area contributed by atoms with Gasteiger partial charge in [-0.1, -0.05) is 17.2 Å². The van der Waals surface area contributed by atoms with Crippen molar-refractivity contribution in [1.82, 2.24) is 0 Å². The average Bonchev–Trinajstić information content (AvgIpc) is 2.80. The predicted octanol–water partition coefficient (Wildman–Crippen LogP) is 3.30. The number of aliphatic hydroxyl groups is 1. The Labute approximate surface area is 130 Å². The Morgan fingerprint density at radius 2 is 2.30 bits per heavy atom. The van der Waals surface area contributed by atoms with E-state index in [1.165, 1.54) is 11.1 Å². The number of aliphatic hydroxyl groups excluding tert-OH is 1. The Hall–Kier alpha value is -0.840. The fourth-order valence-corrected chi connectivity index (χ4v) is 4.13. The molecule has 5 heteroatoms. The molecule has 20 heavy (non-hydrogen) atoms. The van der Waals surface area contributed by atoms with Crippen LogP contribution in [-0.4, -0.2) is 17.6 Å². The number of primary amides is 1. The minimum absolute atomic E-state index is 0.220. The maximum atomic E-state index is 11.6. The van der Waals surface area contributed by atoms with Gasteiger partial charge in [0.05, 0.1) is 5.02 Å². The van der Waals surface area contributed by atoms with E-state index < -0.39 is 5.91 Å². The van der Waals surface area contributed by atoms with Crippen molar-refractivity contribution >= 4 is 39.0 Å². The molecule has 3 N–H and O–H groups in total. The third-order valence-corrected chi connectivity index (χ3v) is 5.66. The molecule has 0 saturated heterocycles. The van der Waals surface area contributed by atoms with Crippen LogP contribution in [0.25, 0.3) is 5.57 Å². The number of rotatable bonds is 2. The van der Waals surface area contributed by atoms with E-state index in [4.69, 9.17) is 17.3 Å². The highest BCUT2D eigenvalue weighted by atomic mass is 79.9. The molecule has 0 aliphatic heterocycles. The monoisotopic (exact) mass is 355 g/mol. The van der Waals surface area contributed by atoms with Crippen molar-refractivity contribution in [2.24, 2.45) is 11.7 Å². The van der Waals surface area contributed by atoms with Gasteiger partial charge in [-0.15, -0.1) is 0 Å². The van der Waals surface area contributed by atoms with Gasteiger partial charge in [-0.25, -0.2) is 0 Å². The summed E-state index contributed by atoms with van der Waals surface area (Å²) in [5.74, 6) is -0.108. The number of hydrogen-bond acceptors (Lipinski definition) is 2. The van der Waals surface area contributed by atoms with E-state index in [1.54, 1.807) is 6.07 Å². The molecule has 1 aromatic rings. The second kappa shape index (κ2) is 5.17. The van der Waals surface area contributed by atoms with Gasteiger partial charge in [0.2, 0.25) is 5.91 Å². The van der Waals surface area contributed by atoms with E-state index in [-0.39, 0.29) is 6.61 Å². The highest BCUT2D eigenvalue weighted by molar-refractivity contribution is 9.10. The molecule has 3 nitrogen and oxygen atoms in total. The van der Waals surface area contributed by atoms with Crippen LogP contribution >= 0.6 is 27.5 Å². The lowest BCUT2D eigenvalue weighted by atomic mass is 9.84. The fraction of sp³-hybridized carbons (Fsp3) is 0.400. The van der Waals surface area contributed by atoms with E-state index in [1.807, 2.05) is 0 Å². The molecule has 0 heterocycles. The Kier molecular flexibility index (Phi) is 3.65. The van der Waals surface area contributed by atoms with Crippen molar-refractivity contribution < 1.29 is 9.90 Å². The summed E-state index contributed by atoms with van der Waals surface area (Å²) < 4.78 is 0.853. The number of halogens is 2. The van der Waals surface area contributed by atoms with E-state index >= 15 is 0 Å². The molecule has 0 spiro atoms. The van der Waals surface area contributed by atoms with Crippen LogP contribution in [0, 0.1) is 5.92 Å². The Morgan fingerprint density at radius 1 is 1.55 bits per heavy atom. The van der Waals surface area contributed by atoms with Crippen LogP contribution in [0.2, 0.25) is 5.02 Å². The largest absolute Gasteiger partial charge is 0.396 e. The van der Waals surface area contributed by atoms with Crippen molar-refractivity contribution in [1.29, 1.82) is 0 Å². The topological polar surface area (TPSA) is 63.3 Å². The molecule has 2 aliphatic rings. The van der Waals surface area contributed by atoms with Crippen molar-refractivity contribution in [3.05, 3.63) is 37.8 Å². The zero-order valence-electron chi connectivity index (χ0n) is 10.9.